The maximum Gasteiger partial charge on any atom is 0.372 e. The summed E-state index contributed by atoms with van der Waals surface area (Å²) in [5, 5.41) is 1.12. The smallest absolute Gasteiger partial charge is 0.372 e. The molecule has 3 aromatic rings. The van der Waals surface area contributed by atoms with Crippen molar-refractivity contribution in [3.63, 3.8) is 0 Å². The number of carbonyl (C=O) groups is 1. The zero-order chi connectivity index (χ0) is 18.5. The topological polar surface area (TPSA) is 44.1 Å². The highest BCUT2D eigenvalue weighted by Crippen LogP contribution is 2.32. The Labute approximate surface area is 170 Å². The third-order valence-corrected chi connectivity index (χ3v) is 5.08. The van der Waals surface area contributed by atoms with E-state index in [1.165, 1.54) is 0 Å². The van der Waals surface area contributed by atoms with Gasteiger partial charge in [-0.25, -0.2) is 9.78 Å². The number of hydrogen-bond acceptors (Lipinski definition) is 4. The van der Waals surface area contributed by atoms with Crippen molar-refractivity contribution in [1.29, 1.82) is 0 Å². The normalized spacial score (nSPS) is 12.0. The molecule has 3 rings (SSSR count). The summed E-state index contributed by atoms with van der Waals surface area (Å²) in [5.41, 5.74) is 0.676. The van der Waals surface area contributed by atoms with Gasteiger partial charge in [-0.1, -0.05) is 40.9 Å². The average Bonchev–Trinajstić information content (AvgIpc) is 3.09. The summed E-state index contributed by atoms with van der Waals surface area (Å²) in [7, 11) is 0. The zero-order valence-electron chi connectivity index (χ0n) is 13.3. The lowest BCUT2D eigenvalue weighted by molar-refractivity contribution is 0.111. The Morgan fingerprint density at radius 2 is 1.85 bits per heavy atom. The maximum atomic E-state index is 12.4. The molecule has 0 saturated heterocycles. The van der Waals surface area contributed by atoms with E-state index in [9.17, 15) is 4.79 Å². The number of imidazole rings is 1. The summed E-state index contributed by atoms with van der Waals surface area (Å²) in [6.07, 6.45) is 4.51. The number of thioether (sulfide) groups is 1. The molecule has 0 aliphatic rings. The zero-order valence-corrected chi connectivity index (χ0v) is 16.4. The molecule has 0 saturated carbocycles. The number of nitrogens with zero attached hydrogens (tertiary/aromatic N) is 2. The highest BCUT2D eigenvalue weighted by molar-refractivity contribution is 8.13. The fourth-order valence-corrected chi connectivity index (χ4v) is 3.57. The first-order chi connectivity index (χ1) is 12.5. The summed E-state index contributed by atoms with van der Waals surface area (Å²) in [4.78, 5) is 17.2. The molecule has 1 unspecified atom stereocenters. The number of halogens is 3. The van der Waals surface area contributed by atoms with Gasteiger partial charge in [0.25, 0.3) is 0 Å². The van der Waals surface area contributed by atoms with Gasteiger partial charge >= 0.3 is 5.30 Å². The van der Waals surface area contributed by atoms with Gasteiger partial charge < -0.3 is 9.30 Å². The van der Waals surface area contributed by atoms with Crippen LogP contribution in [0.2, 0.25) is 15.1 Å². The van der Waals surface area contributed by atoms with E-state index in [2.05, 4.69) is 4.98 Å². The van der Waals surface area contributed by atoms with E-state index >= 15 is 0 Å². The van der Waals surface area contributed by atoms with Crippen molar-refractivity contribution in [2.45, 2.75) is 17.5 Å². The summed E-state index contributed by atoms with van der Waals surface area (Å²) >= 11 is 19.1. The highest BCUT2D eigenvalue weighted by atomic mass is 35.5. The van der Waals surface area contributed by atoms with E-state index in [-0.39, 0.29) is 0 Å². The Balaban J connectivity index is 1.78. The lowest BCUT2D eigenvalue weighted by atomic mass is 10.1. The number of benzene rings is 2. The van der Waals surface area contributed by atoms with Crippen molar-refractivity contribution in [2.24, 2.45) is 0 Å². The van der Waals surface area contributed by atoms with Gasteiger partial charge in [-0.2, -0.15) is 0 Å². The van der Waals surface area contributed by atoms with Crippen LogP contribution in [0.3, 0.4) is 0 Å². The van der Waals surface area contributed by atoms with Gasteiger partial charge in [0.1, 0.15) is 6.10 Å². The summed E-state index contributed by atoms with van der Waals surface area (Å²) in [5.74, 6) is 0. The number of rotatable bonds is 5. The Morgan fingerprint density at radius 3 is 2.50 bits per heavy atom. The van der Waals surface area contributed by atoms with Crippen LogP contribution in [0.1, 0.15) is 11.7 Å². The third kappa shape index (κ3) is 5.17. The Bertz CT molecular complexity index is 886. The van der Waals surface area contributed by atoms with Gasteiger partial charge in [0, 0.05) is 37.9 Å². The molecule has 1 heterocycles. The molecule has 0 spiro atoms. The van der Waals surface area contributed by atoms with Crippen LogP contribution in [0.25, 0.3) is 0 Å². The standard InChI is InChI=1S/C18H13Cl3N2O2S/c19-12-1-4-14(5-2-12)26-18(24)25-17(10-23-8-7-22-11-23)15-6-3-13(20)9-16(15)21/h1-9,11,17H,10H2. The molecule has 0 radical (unpaired) electrons. The Hall–Kier alpha value is -1.66. The Morgan fingerprint density at radius 1 is 1.12 bits per heavy atom. The monoisotopic (exact) mass is 426 g/mol. The molecule has 0 bridgehead atoms. The highest BCUT2D eigenvalue weighted by Gasteiger charge is 2.21. The van der Waals surface area contributed by atoms with Gasteiger partial charge in [0.05, 0.1) is 12.9 Å². The van der Waals surface area contributed by atoms with Crippen LogP contribution in [0, 0.1) is 0 Å². The van der Waals surface area contributed by atoms with Crippen molar-refractivity contribution < 1.29 is 9.53 Å². The minimum atomic E-state index is -0.582. The SMILES string of the molecule is O=C(OC(Cn1ccnc1)c1ccc(Cl)cc1Cl)Sc1ccc(Cl)cc1. The Kier molecular flexibility index (Phi) is 6.48. The molecule has 134 valence electrons. The van der Waals surface area contributed by atoms with Crippen LogP contribution in [0.5, 0.6) is 0 Å². The molecule has 1 atom stereocenters. The van der Waals surface area contributed by atoms with Crippen molar-refractivity contribution in [2.75, 3.05) is 0 Å². The lowest BCUT2D eigenvalue weighted by Gasteiger charge is -2.20. The fraction of sp³-hybridized carbons (Fsp3) is 0.111. The van der Waals surface area contributed by atoms with Crippen LogP contribution < -0.4 is 0 Å². The molecular weight excluding hydrogens is 415 g/mol. The van der Waals surface area contributed by atoms with Crippen LogP contribution in [-0.4, -0.2) is 14.9 Å². The second-order valence-corrected chi connectivity index (χ2v) is 7.63. The van der Waals surface area contributed by atoms with Gasteiger partial charge in [-0.3, -0.25) is 0 Å². The number of aromatic nitrogens is 2. The van der Waals surface area contributed by atoms with Gasteiger partial charge in [-0.05, 0) is 48.2 Å². The average molecular weight is 428 g/mol. The van der Waals surface area contributed by atoms with Crippen molar-refractivity contribution in [3.05, 3.63) is 81.8 Å². The lowest BCUT2D eigenvalue weighted by Crippen LogP contribution is -2.14. The van der Waals surface area contributed by atoms with Crippen LogP contribution in [-0.2, 0) is 11.3 Å². The first-order valence-electron chi connectivity index (χ1n) is 7.56. The second kappa shape index (κ2) is 8.82. The minimum Gasteiger partial charge on any atom is -0.447 e. The number of hydrogen-bond donors (Lipinski definition) is 0. The first-order valence-corrected chi connectivity index (χ1v) is 9.51. The molecule has 4 nitrogen and oxygen atoms in total. The molecule has 0 amide bonds. The number of ether oxygens (including phenoxy) is 1. The largest absolute Gasteiger partial charge is 0.447 e. The molecular formula is C18H13Cl3N2O2S. The molecule has 0 aliphatic heterocycles. The summed E-state index contributed by atoms with van der Waals surface area (Å²) < 4.78 is 7.49. The van der Waals surface area contributed by atoms with Crippen molar-refractivity contribution in [1.82, 2.24) is 9.55 Å². The molecule has 1 aromatic heterocycles. The molecule has 0 aliphatic carbocycles. The molecule has 26 heavy (non-hydrogen) atoms. The van der Waals surface area contributed by atoms with Crippen molar-refractivity contribution in [3.8, 4) is 0 Å². The van der Waals surface area contributed by atoms with E-state index in [1.54, 1.807) is 61.2 Å². The third-order valence-electron chi connectivity index (χ3n) is 3.50. The van der Waals surface area contributed by atoms with E-state index < -0.39 is 11.4 Å². The second-order valence-electron chi connectivity index (χ2n) is 5.34. The fourth-order valence-electron chi connectivity index (χ4n) is 2.29. The molecule has 0 N–H and O–H groups in total. The van der Waals surface area contributed by atoms with Gasteiger partial charge in [0.15, 0.2) is 0 Å². The van der Waals surface area contributed by atoms with Crippen LogP contribution >= 0.6 is 46.6 Å². The predicted molar refractivity (Wildman–Crippen MR) is 105 cm³/mol. The van der Waals surface area contributed by atoms with E-state index in [1.807, 2.05) is 4.57 Å². The van der Waals surface area contributed by atoms with E-state index in [0.717, 1.165) is 16.7 Å². The molecule has 0 fully saturated rings. The van der Waals surface area contributed by atoms with Gasteiger partial charge in [-0.15, -0.1) is 0 Å². The quantitative estimate of drug-likeness (QED) is 0.344. The van der Waals surface area contributed by atoms with Crippen LogP contribution in [0.15, 0.2) is 66.1 Å². The predicted octanol–water partition coefficient (Wildman–Crippen LogP) is 6.51. The van der Waals surface area contributed by atoms with E-state index in [0.29, 0.717) is 27.2 Å². The summed E-state index contributed by atoms with van der Waals surface area (Å²) in [6, 6.07) is 12.0. The molecule has 8 heteroatoms. The van der Waals surface area contributed by atoms with Crippen molar-refractivity contribution >= 4 is 51.9 Å². The minimum absolute atomic E-state index is 0.383. The first kappa shape index (κ1) is 19.1. The van der Waals surface area contributed by atoms with Gasteiger partial charge in [0.2, 0.25) is 0 Å². The molecule has 2 aromatic carbocycles. The van der Waals surface area contributed by atoms with E-state index in [4.69, 9.17) is 39.5 Å². The number of carbonyl (C=O) groups excluding carboxylic acids is 1. The maximum absolute atomic E-state index is 12.4. The summed E-state index contributed by atoms with van der Waals surface area (Å²) in [6.45, 7) is 0.383. The van der Waals surface area contributed by atoms with Crippen LogP contribution in [0.4, 0.5) is 4.79 Å².